The molecule has 0 spiro atoms. The van der Waals surface area contributed by atoms with E-state index in [1.54, 1.807) is 0 Å². The van der Waals surface area contributed by atoms with Gasteiger partial charge >= 0.3 is 0 Å². The van der Waals surface area contributed by atoms with Crippen LogP contribution in [0.5, 0.6) is 0 Å². The van der Waals surface area contributed by atoms with Crippen LogP contribution in [-0.4, -0.2) is 24.1 Å². The highest BCUT2D eigenvalue weighted by Crippen LogP contribution is 2.35. The molecule has 2 aliphatic rings. The molecule has 2 atom stereocenters. The largest absolute Gasteiger partial charge is 0.357 e. The van der Waals surface area contributed by atoms with Gasteiger partial charge in [-0.1, -0.05) is 36.8 Å². The van der Waals surface area contributed by atoms with Crippen molar-refractivity contribution in [2.75, 3.05) is 13.2 Å². The number of hydrogen-bond donors (Lipinski definition) is 0. The van der Waals surface area contributed by atoms with Gasteiger partial charge in [0.25, 0.3) is 0 Å². The number of fused-ring (bicyclic) bond motifs is 1. The van der Waals surface area contributed by atoms with Gasteiger partial charge in [-0.15, -0.1) is 0 Å². The molecule has 0 aliphatic carbocycles. The number of hydrogen-bond acceptors (Lipinski definition) is 2. The van der Waals surface area contributed by atoms with E-state index in [4.69, 9.17) is 4.74 Å². The predicted molar refractivity (Wildman–Crippen MR) is 59.5 cm³/mol. The van der Waals surface area contributed by atoms with Crippen LogP contribution in [0.2, 0.25) is 0 Å². The molecule has 15 heavy (non-hydrogen) atoms. The lowest BCUT2D eigenvalue weighted by Crippen LogP contribution is -2.36. The first kappa shape index (κ1) is 9.37. The van der Waals surface area contributed by atoms with Gasteiger partial charge in [-0.25, -0.2) is 0 Å². The molecule has 0 radical (unpaired) electrons. The SMILES string of the molecule is c1ccc([C@H]2OC[C@@H]3CCCCN32)cc1. The quantitative estimate of drug-likeness (QED) is 0.695. The zero-order chi connectivity index (χ0) is 10.1. The molecular weight excluding hydrogens is 186 g/mol. The molecule has 2 heterocycles. The van der Waals surface area contributed by atoms with E-state index in [-0.39, 0.29) is 6.23 Å². The summed E-state index contributed by atoms with van der Waals surface area (Å²) in [5.41, 5.74) is 1.31. The molecule has 0 unspecified atom stereocenters. The third kappa shape index (κ3) is 1.68. The first-order valence-electron chi connectivity index (χ1n) is 5.87. The molecule has 1 aromatic carbocycles. The Balaban J connectivity index is 1.82. The van der Waals surface area contributed by atoms with Crippen LogP contribution in [0.3, 0.4) is 0 Å². The monoisotopic (exact) mass is 203 g/mol. The molecule has 3 rings (SSSR count). The van der Waals surface area contributed by atoms with E-state index < -0.39 is 0 Å². The fourth-order valence-corrected chi connectivity index (χ4v) is 2.71. The zero-order valence-electron chi connectivity index (χ0n) is 8.93. The van der Waals surface area contributed by atoms with Gasteiger partial charge in [0.2, 0.25) is 0 Å². The summed E-state index contributed by atoms with van der Waals surface area (Å²) < 4.78 is 5.91. The highest BCUT2D eigenvalue weighted by molar-refractivity contribution is 5.18. The second-order valence-electron chi connectivity index (χ2n) is 4.48. The standard InChI is InChI=1S/C13H17NO/c1-2-6-11(7-3-1)13-14-9-5-4-8-12(14)10-15-13/h1-3,6-7,12-13H,4-5,8-10H2/t12-,13+/m0/s1. The molecule has 0 saturated carbocycles. The third-order valence-electron chi connectivity index (χ3n) is 3.51. The summed E-state index contributed by atoms with van der Waals surface area (Å²) in [6.45, 7) is 2.11. The highest BCUT2D eigenvalue weighted by Gasteiger charge is 2.36. The molecule has 0 N–H and O–H groups in total. The minimum absolute atomic E-state index is 0.219. The van der Waals surface area contributed by atoms with Crippen LogP contribution in [0.4, 0.5) is 0 Å². The normalized spacial score (nSPS) is 31.5. The number of nitrogens with zero attached hydrogens (tertiary/aromatic N) is 1. The summed E-state index contributed by atoms with van der Waals surface area (Å²) in [6, 6.07) is 11.3. The number of rotatable bonds is 1. The van der Waals surface area contributed by atoms with Crippen LogP contribution in [-0.2, 0) is 4.74 Å². The van der Waals surface area contributed by atoms with Crippen molar-refractivity contribution in [2.24, 2.45) is 0 Å². The van der Waals surface area contributed by atoms with Gasteiger partial charge in [0, 0.05) is 12.6 Å². The maximum atomic E-state index is 5.91. The predicted octanol–water partition coefficient (Wildman–Crippen LogP) is 2.57. The average molecular weight is 203 g/mol. The Morgan fingerprint density at radius 2 is 2.00 bits per heavy atom. The fourth-order valence-electron chi connectivity index (χ4n) is 2.71. The Kier molecular flexibility index (Phi) is 2.47. The van der Waals surface area contributed by atoms with Crippen LogP contribution < -0.4 is 0 Å². The average Bonchev–Trinajstić information content (AvgIpc) is 2.74. The highest BCUT2D eigenvalue weighted by atomic mass is 16.5. The summed E-state index contributed by atoms with van der Waals surface area (Å²) in [5.74, 6) is 0. The topological polar surface area (TPSA) is 12.5 Å². The van der Waals surface area contributed by atoms with Crippen molar-refractivity contribution in [1.29, 1.82) is 0 Å². The fraction of sp³-hybridized carbons (Fsp3) is 0.538. The van der Waals surface area contributed by atoms with Crippen LogP contribution in [0.25, 0.3) is 0 Å². The Bertz CT molecular complexity index is 325. The van der Waals surface area contributed by atoms with Gasteiger partial charge < -0.3 is 4.74 Å². The maximum Gasteiger partial charge on any atom is 0.137 e. The molecule has 2 aliphatic heterocycles. The van der Waals surface area contributed by atoms with Gasteiger partial charge in [-0.2, -0.15) is 0 Å². The number of benzene rings is 1. The van der Waals surface area contributed by atoms with Crippen LogP contribution >= 0.6 is 0 Å². The molecule has 0 aromatic heterocycles. The Morgan fingerprint density at radius 3 is 2.87 bits per heavy atom. The van der Waals surface area contributed by atoms with Crippen molar-refractivity contribution in [3.8, 4) is 0 Å². The maximum absolute atomic E-state index is 5.91. The van der Waals surface area contributed by atoms with Gasteiger partial charge in [0.05, 0.1) is 6.61 Å². The van der Waals surface area contributed by atoms with E-state index in [1.165, 1.54) is 31.4 Å². The van der Waals surface area contributed by atoms with Gasteiger partial charge in [-0.05, 0) is 18.4 Å². The van der Waals surface area contributed by atoms with Crippen molar-refractivity contribution in [2.45, 2.75) is 31.5 Å². The molecule has 2 heteroatoms. The van der Waals surface area contributed by atoms with E-state index in [9.17, 15) is 0 Å². The second kappa shape index (κ2) is 3.95. The first-order chi connectivity index (χ1) is 7.45. The second-order valence-corrected chi connectivity index (χ2v) is 4.48. The first-order valence-corrected chi connectivity index (χ1v) is 5.87. The van der Waals surface area contributed by atoms with Gasteiger partial charge in [-0.3, -0.25) is 4.90 Å². The summed E-state index contributed by atoms with van der Waals surface area (Å²) in [6.07, 6.45) is 4.22. The summed E-state index contributed by atoms with van der Waals surface area (Å²) in [5, 5.41) is 0. The third-order valence-corrected chi connectivity index (χ3v) is 3.51. The summed E-state index contributed by atoms with van der Waals surface area (Å²) >= 11 is 0. The molecule has 1 aromatic rings. The van der Waals surface area contributed by atoms with Gasteiger partial charge in [0.15, 0.2) is 0 Å². The zero-order valence-corrected chi connectivity index (χ0v) is 8.93. The Hall–Kier alpha value is -0.860. The van der Waals surface area contributed by atoms with Crippen molar-refractivity contribution < 1.29 is 4.74 Å². The van der Waals surface area contributed by atoms with Crippen molar-refractivity contribution in [3.05, 3.63) is 35.9 Å². The number of piperidine rings is 1. The Labute approximate surface area is 90.8 Å². The smallest absolute Gasteiger partial charge is 0.137 e. The molecular formula is C13H17NO. The minimum atomic E-state index is 0.219. The lowest BCUT2D eigenvalue weighted by molar-refractivity contribution is 0.0232. The molecule has 0 bridgehead atoms. The minimum Gasteiger partial charge on any atom is -0.357 e. The van der Waals surface area contributed by atoms with Crippen LogP contribution in [0, 0.1) is 0 Å². The van der Waals surface area contributed by atoms with E-state index in [1.807, 2.05) is 0 Å². The van der Waals surface area contributed by atoms with E-state index in [0.717, 1.165) is 6.61 Å². The Morgan fingerprint density at radius 1 is 1.13 bits per heavy atom. The number of ether oxygens (including phenoxy) is 1. The molecule has 80 valence electrons. The molecule has 2 fully saturated rings. The molecule has 2 saturated heterocycles. The molecule has 0 amide bonds. The summed E-state index contributed by atoms with van der Waals surface area (Å²) in [7, 11) is 0. The van der Waals surface area contributed by atoms with Gasteiger partial charge in [0.1, 0.15) is 6.23 Å². The van der Waals surface area contributed by atoms with Crippen molar-refractivity contribution >= 4 is 0 Å². The lowest BCUT2D eigenvalue weighted by atomic mass is 10.0. The van der Waals surface area contributed by atoms with E-state index >= 15 is 0 Å². The van der Waals surface area contributed by atoms with E-state index in [2.05, 4.69) is 35.2 Å². The molecule has 2 nitrogen and oxygen atoms in total. The van der Waals surface area contributed by atoms with Crippen molar-refractivity contribution in [3.63, 3.8) is 0 Å². The van der Waals surface area contributed by atoms with Crippen LogP contribution in [0.1, 0.15) is 31.1 Å². The van der Waals surface area contributed by atoms with E-state index in [0.29, 0.717) is 6.04 Å². The van der Waals surface area contributed by atoms with Crippen LogP contribution in [0.15, 0.2) is 30.3 Å². The lowest BCUT2D eigenvalue weighted by Gasteiger charge is -2.31. The summed E-state index contributed by atoms with van der Waals surface area (Å²) in [4.78, 5) is 2.53. The van der Waals surface area contributed by atoms with Crippen molar-refractivity contribution in [1.82, 2.24) is 4.90 Å².